The van der Waals surface area contributed by atoms with Gasteiger partial charge in [-0.1, -0.05) is 6.07 Å². The molecule has 0 aliphatic carbocycles. The predicted octanol–water partition coefficient (Wildman–Crippen LogP) is 3.47. The van der Waals surface area contributed by atoms with Gasteiger partial charge in [-0.25, -0.2) is 13.6 Å². The van der Waals surface area contributed by atoms with Gasteiger partial charge in [0, 0.05) is 6.07 Å². The highest BCUT2D eigenvalue weighted by Gasteiger charge is 2.20. The third-order valence-electron chi connectivity index (χ3n) is 3.49. The van der Waals surface area contributed by atoms with Crippen molar-refractivity contribution in [3.8, 4) is 5.75 Å². The Morgan fingerprint density at radius 3 is 2.48 bits per heavy atom. The summed E-state index contributed by atoms with van der Waals surface area (Å²) in [6.07, 6.45) is -1.18. The van der Waals surface area contributed by atoms with Crippen molar-refractivity contribution in [1.29, 1.82) is 0 Å². The number of aryl methyl sites for hydroxylation is 1. The summed E-state index contributed by atoms with van der Waals surface area (Å²) in [5.41, 5.74) is 0.859. The van der Waals surface area contributed by atoms with Crippen LogP contribution in [0.4, 0.5) is 14.5 Å². The number of methoxy groups -OCH3 is 1. The molecule has 2 rings (SSSR count). The highest BCUT2D eigenvalue weighted by atomic mass is 19.1. The Hall–Kier alpha value is -2.96. The van der Waals surface area contributed by atoms with Crippen LogP contribution < -0.4 is 10.1 Å². The van der Waals surface area contributed by atoms with Crippen LogP contribution in [-0.2, 0) is 9.53 Å². The second-order valence-corrected chi connectivity index (χ2v) is 5.35. The first kappa shape index (κ1) is 18.4. The van der Waals surface area contributed by atoms with Gasteiger partial charge in [-0.05, 0) is 43.7 Å². The minimum absolute atomic E-state index is 0.202. The molecule has 0 aromatic heterocycles. The van der Waals surface area contributed by atoms with E-state index >= 15 is 0 Å². The number of esters is 1. The molecule has 0 radical (unpaired) electrons. The molecule has 0 heterocycles. The van der Waals surface area contributed by atoms with E-state index < -0.39 is 29.6 Å². The zero-order valence-corrected chi connectivity index (χ0v) is 13.9. The van der Waals surface area contributed by atoms with Crippen LogP contribution in [0.3, 0.4) is 0 Å². The number of anilines is 1. The van der Waals surface area contributed by atoms with Gasteiger partial charge in [0.2, 0.25) is 0 Å². The Bertz CT molecular complexity index is 808. The van der Waals surface area contributed by atoms with Crippen molar-refractivity contribution < 1.29 is 27.8 Å². The predicted molar refractivity (Wildman–Crippen MR) is 87.6 cm³/mol. The van der Waals surface area contributed by atoms with E-state index in [2.05, 4.69) is 5.32 Å². The fourth-order valence-corrected chi connectivity index (χ4v) is 2.05. The summed E-state index contributed by atoms with van der Waals surface area (Å²) in [5, 5.41) is 2.24. The van der Waals surface area contributed by atoms with Crippen LogP contribution in [0.2, 0.25) is 0 Å². The number of nitrogens with one attached hydrogen (secondary N) is 1. The average Bonchev–Trinajstić information content (AvgIpc) is 2.57. The van der Waals surface area contributed by atoms with E-state index in [1.807, 2.05) is 6.92 Å². The van der Waals surface area contributed by atoms with Crippen molar-refractivity contribution in [2.75, 3.05) is 12.4 Å². The number of hydrogen-bond donors (Lipinski definition) is 1. The van der Waals surface area contributed by atoms with Crippen LogP contribution in [0.15, 0.2) is 36.4 Å². The third kappa shape index (κ3) is 4.53. The van der Waals surface area contributed by atoms with Gasteiger partial charge in [0.1, 0.15) is 17.4 Å². The second kappa shape index (κ2) is 7.74. The van der Waals surface area contributed by atoms with Gasteiger partial charge in [0.15, 0.2) is 6.10 Å². The van der Waals surface area contributed by atoms with Crippen molar-refractivity contribution in [2.45, 2.75) is 20.0 Å². The van der Waals surface area contributed by atoms with Crippen LogP contribution in [0.1, 0.15) is 22.8 Å². The number of hydrogen-bond acceptors (Lipinski definition) is 4. The normalized spacial score (nSPS) is 11.6. The third-order valence-corrected chi connectivity index (χ3v) is 3.49. The number of carbonyl (C=O) groups is 2. The summed E-state index contributed by atoms with van der Waals surface area (Å²) in [5.74, 6) is -2.63. The zero-order valence-electron chi connectivity index (χ0n) is 13.9. The molecule has 2 aromatic carbocycles. The molecular formula is C18H17F2NO4. The average molecular weight is 349 g/mol. The van der Waals surface area contributed by atoms with Crippen LogP contribution in [-0.4, -0.2) is 25.1 Å². The molecule has 1 N–H and O–H groups in total. The Labute approximate surface area is 143 Å². The lowest BCUT2D eigenvalue weighted by Gasteiger charge is -2.14. The highest BCUT2D eigenvalue weighted by Crippen LogP contribution is 2.20. The van der Waals surface area contributed by atoms with E-state index in [9.17, 15) is 18.4 Å². The standard InChI is InChI=1S/C18H17F2NO4/c1-10-4-5-12(8-16(10)24-3)18(23)25-11(2)17(22)21-15-7-6-13(19)9-14(15)20/h4-9,11H,1-3H3,(H,21,22)/t11-/m0/s1. The Kier molecular flexibility index (Phi) is 5.69. The van der Waals surface area contributed by atoms with E-state index in [1.165, 1.54) is 20.1 Å². The second-order valence-electron chi connectivity index (χ2n) is 5.35. The van der Waals surface area contributed by atoms with Gasteiger partial charge in [-0.3, -0.25) is 4.79 Å². The number of carbonyl (C=O) groups excluding carboxylic acids is 2. The SMILES string of the molecule is COc1cc(C(=O)O[C@@H](C)C(=O)Nc2ccc(F)cc2F)ccc1C. The van der Waals surface area contributed by atoms with Crippen molar-refractivity contribution in [3.05, 3.63) is 59.2 Å². The maximum atomic E-state index is 13.5. The molecule has 0 saturated carbocycles. The number of halogens is 2. The number of amides is 1. The quantitative estimate of drug-likeness (QED) is 0.840. The summed E-state index contributed by atoms with van der Waals surface area (Å²) in [4.78, 5) is 24.1. The topological polar surface area (TPSA) is 64.6 Å². The number of ether oxygens (including phenoxy) is 2. The molecule has 2 aromatic rings. The van der Waals surface area contributed by atoms with Crippen molar-refractivity contribution in [3.63, 3.8) is 0 Å². The van der Waals surface area contributed by atoms with Crippen LogP contribution >= 0.6 is 0 Å². The van der Waals surface area contributed by atoms with Gasteiger partial charge in [0.25, 0.3) is 5.91 Å². The van der Waals surface area contributed by atoms with Crippen LogP contribution in [0, 0.1) is 18.6 Å². The number of rotatable bonds is 5. The lowest BCUT2D eigenvalue weighted by atomic mass is 10.1. The fraction of sp³-hybridized carbons (Fsp3) is 0.222. The monoisotopic (exact) mass is 349 g/mol. The number of benzene rings is 2. The van der Waals surface area contributed by atoms with Gasteiger partial charge in [0.05, 0.1) is 18.4 Å². The van der Waals surface area contributed by atoms with E-state index in [4.69, 9.17) is 9.47 Å². The summed E-state index contributed by atoms with van der Waals surface area (Å²) in [7, 11) is 1.48. The molecular weight excluding hydrogens is 332 g/mol. The summed E-state index contributed by atoms with van der Waals surface area (Å²) in [6.45, 7) is 3.17. The lowest BCUT2D eigenvalue weighted by Crippen LogP contribution is -2.30. The molecule has 25 heavy (non-hydrogen) atoms. The van der Waals surface area contributed by atoms with Crippen molar-refractivity contribution in [2.24, 2.45) is 0 Å². The highest BCUT2D eigenvalue weighted by molar-refractivity contribution is 5.97. The van der Waals surface area contributed by atoms with Gasteiger partial charge >= 0.3 is 5.97 Å². The molecule has 5 nitrogen and oxygen atoms in total. The zero-order chi connectivity index (χ0) is 18.6. The van der Waals surface area contributed by atoms with Gasteiger partial charge < -0.3 is 14.8 Å². The molecule has 0 aliphatic rings. The first-order chi connectivity index (χ1) is 11.8. The Morgan fingerprint density at radius 2 is 1.84 bits per heavy atom. The summed E-state index contributed by atoms with van der Waals surface area (Å²) >= 11 is 0. The van der Waals surface area contributed by atoms with Crippen molar-refractivity contribution in [1.82, 2.24) is 0 Å². The van der Waals surface area contributed by atoms with Crippen LogP contribution in [0.5, 0.6) is 5.75 Å². The molecule has 7 heteroatoms. The first-order valence-corrected chi connectivity index (χ1v) is 7.43. The molecule has 1 amide bonds. The largest absolute Gasteiger partial charge is 0.496 e. The molecule has 132 valence electrons. The smallest absolute Gasteiger partial charge is 0.339 e. The van der Waals surface area contributed by atoms with Gasteiger partial charge in [-0.2, -0.15) is 0 Å². The van der Waals surface area contributed by atoms with E-state index in [0.29, 0.717) is 11.8 Å². The van der Waals surface area contributed by atoms with E-state index in [-0.39, 0.29) is 11.3 Å². The summed E-state index contributed by atoms with van der Waals surface area (Å²) in [6, 6.07) is 7.47. The Balaban J connectivity index is 2.04. The lowest BCUT2D eigenvalue weighted by molar-refractivity contribution is -0.123. The molecule has 0 spiro atoms. The minimum Gasteiger partial charge on any atom is -0.496 e. The maximum Gasteiger partial charge on any atom is 0.339 e. The Morgan fingerprint density at radius 1 is 1.12 bits per heavy atom. The molecule has 0 bridgehead atoms. The minimum atomic E-state index is -1.18. The van der Waals surface area contributed by atoms with E-state index in [1.54, 1.807) is 12.1 Å². The first-order valence-electron chi connectivity index (χ1n) is 7.43. The summed E-state index contributed by atoms with van der Waals surface area (Å²) < 4.78 is 36.6. The molecule has 0 fully saturated rings. The molecule has 0 aliphatic heterocycles. The molecule has 0 saturated heterocycles. The van der Waals surface area contributed by atoms with Crippen LogP contribution in [0.25, 0.3) is 0 Å². The molecule has 1 atom stereocenters. The van der Waals surface area contributed by atoms with Gasteiger partial charge in [-0.15, -0.1) is 0 Å². The van der Waals surface area contributed by atoms with Crippen molar-refractivity contribution >= 4 is 17.6 Å². The van der Waals surface area contributed by atoms with E-state index in [0.717, 1.165) is 17.7 Å². The maximum absolute atomic E-state index is 13.5. The fourth-order valence-electron chi connectivity index (χ4n) is 2.05. The molecule has 0 unspecified atom stereocenters.